The molecular weight excluding hydrogens is 310 g/mol. The van der Waals surface area contributed by atoms with Gasteiger partial charge in [0.05, 0.1) is 0 Å². The number of nitrogens with one attached hydrogen (secondary N) is 1. The van der Waals surface area contributed by atoms with E-state index in [0.717, 1.165) is 30.5 Å². The van der Waals surface area contributed by atoms with Gasteiger partial charge in [0.2, 0.25) is 0 Å². The van der Waals surface area contributed by atoms with Gasteiger partial charge in [-0.05, 0) is 24.8 Å². The molecule has 116 valence electrons. The average Bonchev–Trinajstić information content (AvgIpc) is 3.14. The zero-order chi connectivity index (χ0) is 15.8. The molecule has 1 N–H and O–H groups in total. The van der Waals surface area contributed by atoms with Gasteiger partial charge in [0, 0.05) is 23.3 Å². The minimum absolute atomic E-state index is 0.103. The predicted octanol–water partition coefficient (Wildman–Crippen LogP) is 2.17. The summed E-state index contributed by atoms with van der Waals surface area (Å²) in [5, 5.41) is 2.79. The van der Waals surface area contributed by atoms with Gasteiger partial charge in [0.15, 0.2) is 4.96 Å². The molecule has 2 aromatic heterocycles. The van der Waals surface area contributed by atoms with Crippen LogP contribution in [0.5, 0.6) is 0 Å². The summed E-state index contributed by atoms with van der Waals surface area (Å²) < 4.78 is 1.62. The number of hydrogen-bond donors (Lipinski definition) is 1. The molecule has 0 saturated carbocycles. The Morgan fingerprint density at radius 3 is 2.91 bits per heavy atom. The number of hydrogen-bond acceptors (Lipinski definition) is 4. The molecule has 4 rings (SSSR count). The fourth-order valence-electron chi connectivity index (χ4n) is 2.94. The van der Waals surface area contributed by atoms with Gasteiger partial charge in [-0.1, -0.05) is 30.3 Å². The van der Waals surface area contributed by atoms with Crippen molar-refractivity contribution in [2.45, 2.75) is 25.8 Å². The van der Waals surface area contributed by atoms with Gasteiger partial charge in [0.25, 0.3) is 11.5 Å². The molecular formula is C17H15N3O2S. The van der Waals surface area contributed by atoms with Crippen LogP contribution in [0.3, 0.4) is 0 Å². The first kappa shape index (κ1) is 14.1. The van der Waals surface area contributed by atoms with Crippen molar-refractivity contribution in [3.63, 3.8) is 0 Å². The van der Waals surface area contributed by atoms with Crippen LogP contribution >= 0.6 is 11.3 Å². The van der Waals surface area contributed by atoms with E-state index in [2.05, 4.69) is 10.3 Å². The third-order valence-corrected chi connectivity index (χ3v) is 5.25. The van der Waals surface area contributed by atoms with Crippen LogP contribution in [-0.2, 0) is 19.4 Å². The zero-order valence-corrected chi connectivity index (χ0v) is 13.2. The molecule has 0 aliphatic heterocycles. The highest BCUT2D eigenvalue weighted by atomic mass is 32.1. The molecule has 2 heterocycles. The molecule has 1 amide bonds. The van der Waals surface area contributed by atoms with Gasteiger partial charge in [-0.15, -0.1) is 11.3 Å². The van der Waals surface area contributed by atoms with Crippen LogP contribution in [0, 0.1) is 0 Å². The smallest absolute Gasteiger partial charge is 0.271 e. The van der Waals surface area contributed by atoms with Crippen LogP contribution in [-0.4, -0.2) is 15.3 Å². The molecule has 1 aliphatic rings. The number of aromatic nitrogens is 2. The van der Waals surface area contributed by atoms with E-state index in [1.165, 1.54) is 11.1 Å². The van der Waals surface area contributed by atoms with Crippen molar-refractivity contribution in [3.05, 3.63) is 68.6 Å². The van der Waals surface area contributed by atoms with Crippen molar-refractivity contribution in [2.75, 3.05) is 0 Å². The lowest BCUT2D eigenvalue weighted by atomic mass is 10.2. The van der Waals surface area contributed by atoms with E-state index < -0.39 is 0 Å². The van der Waals surface area contributed by atoms with Gasteiger partial charge >= 0.3 is 0 Å². The van der Waals surface area contributed by atoms with Crippen LogP contribution < -0.4 is 10.9 Å². The van der Waals surface area contributed by atoms with E-state index in [0.29, 0.717) is 11.5 Å². The number of amides is 1. The second-order valence-corrected chi connectivity index (χ2v) is 6.65. The Bertz CT molecular complexity index is 944. The number of rotatable bonds is 3. The number of benzene rings is 1. The molecule has 1 aromatic carbocycles. The summed E-state index contributed by atoms with van der Waals surface area (Å²) >= 11 is 1.55. The highest BCUT2D eigenvalue weighted by Crippen LogP contribution is 2.28. The maximum Gasteiger partial charge on any atom is 0.271 e. The third-order valence-electron chi connectivity index (χ3n) is 4.09. The first-order valence-corrected chi connectivity index (χ1v) is 8.40. The minimum atomic E-state index is -0.376. The Balaban J connectivity index is 1.65. The monoisotopic (exact) mass is 325 g/mol. The average molecular weight is 325 g/mol. The Hall–Kier alpha value is -2.47. The zero-order valence-electron chi connectivity index (χ0n) is 12.4. The fraction of sp³-hybridized carbons (Fsp3) is 0.235. The van der Waals surface area contributed by atoms with Gasteiger partial charge in [-0.25, -0.2) is 4.98 Å². The maximum atomic E-state index is 12.7. The molecule has 3 aromatic rings. The van der Waals surface area contributed by atoms with E-state index in [4.69, 9.17) is 0 Å². The molecule has 23 heavy (non-hydrogen) atoms. The van der Waals surface area contributed by atoms with Gasteiger partial charge < -0.3 is 5.32 Å². The lowest BCUT2D eigenvalue weighted by molar-refractivity contribution is 0.0949. The molecule has 5 nitrogen and oxygen atoms in total. The van der Waals surface area contributed by atoms with Gasteiger partial charge in [-0.2, -0.15) is 0 Å². The fourth-order valence-corrected chi connectivity index (χ4v) is 4.10. The summed E-state index contributed by atoms with van der Waals surface area (Å²) in [6.07, 6.45) is 4.34. The van der Waals surface area contributed by atoms with E-state index in [-0.39, 0.29) is 17.0 Å². The number of thiazole rings is 1. The molecule has 0 unspecified atom stereocenters. The molecule has 0 fully saturated rings. The van der Waals surface area contributed by atoms with Crippen LogP contribution in [0.2, 0.25) is 0 Å². The summed E-state index contributed by atoms with van der Waals surface area (Å²) in [4.78, 5) is 31.2. The molecule has 0 saturated heterocycles. The van der Waals surface area contributed by atoms with Crippen molar-refractivity contribution in [2.24, 2.45) is 0 Å². The van der Waals surface area contributed by atoms with Crippen LogP contribution in [0.1, 0.15) is 32.9 Å². The van der Waals surface area contributed by atoms with Crippen molar-refractivity contribution in [1.29, 1.82) is 0 Å². The van der Waals surface area contributed by atoms with Gasteiger partial charge in [0.1, 0.15) is 5.56 Å². The molecule has 0 bridgehead atoms. The summed E-state index contributed by atoms with van der Waals surface area (Å²) in [5.41, 5.74) is 1.86. The van der Waals surface area contributed by atoms with Crippen molar-refractivity contribution in [3.8, 4) is 0 Å². The normalized spacial score (nSPS) is 13.2. The first-order chi connectivity index (χ1) is 11.2. The molecule has 6 heteroatoms. The van der Waals surface area contributed by atoms with Crippen LogP contribution in [0.4, 0.5) is 0 Å². The summed E-state index contributed by atoms with van der Waals surface area (Å²) in [5.74, 6) is -0.376. The van der Waals surface area contributed by atoms with E-state index >= 15 is 0 Å². The quantitative estimate of drug-likeness (QED) is 0.803. The largest absolute Gasteiger partial charge is 0.348 e. The number of nitrogens with zero attached hydrogens (tertiary/aromatic N) is 2. The second-order valence-electron chi connectivity index (χ2n) is 5.59. The third kappa shape index (κ3) is 2.45. The number of carbonyl (C=O) groups is 1. The molecule has 1 aliphatic carbocycles. The van der Waals surface area contributed by atoms with E-state index in [1.807, 2.05) is 30.3 Å². The highest BCUT2D eigenvalue weighted by Gasteiger charge is 2.22. The van der Waals surface area contributed by atoms with Crippen molar-refractivity contribution in [1.82, 2.24) is 14.7 Å². The Labute approximate surface area is 136 Å². The Morgan fingerprint density at radius 2 is 2.09 bits per heavy atom. The SMILES string of the molecule is O=C(NCc1ccccc1)c1cnc2sc3c(n2c1=O)CCC3. The summed E-state index contributed by atoms with van der Waals surface area (Å²) in [7, 11) is 0. The number of carbonyl (C=O) groups excluding carboxylic acids is 1. The maximum absolute atomic E-state index is 12.7. The lowest BCUT2D eigenvalue weighted by Crippen LogP contribution is -2.31. The Morgan fingerprint density at radius 1 is 1.26 bits per heavy atom. The summed E-state index contributed by atoms with van der Waals surface area (Å²) in [6, 6.07) is 9.62. The van der Waals surface area contributed by atoms with Crippen LogP contribution in [0.15, 0.2) is 41.3 Å². The second kappa shape index (κ2) is 5.62. The van der Waals surface area contributed by atoms with Crippen molar-refractivity contribution >= 4 is 22.2 Å². The van der Waals surface area contributed by atoms with E-state index in [9.17, 15) is 9.59 Å². The molecule has 0 radical (unpaired) electrons. The van der Waals surface area contributed by atoms with Crippen LogP contribution in [0.25, 0.3) is 4.96 Å². The van der Waals surface area contributed by atoms with E-state index in [1.54, 1.807) is 15.7 Å². The Kier molecular flexibility index (Phi) is 3.46. The van der Waals surface area contributed by atoms with Crippen molar-refractivity contribution < 1.29 is 4.79 Å². The number of aryl methyl sites for hydroxylation is 2. The number of fused-ring (bicyclic) bond motifs is 3. The lowest BCUT2D eigenvalue weighted by Gasteiger charge is -2.05. The standard InChI is InChI=1S/C17H15N3O2S/c21-15(18-9-11-5-2-1-3-6-11)12-10-19-17-20(16(12)22)13-7-4-8-14(13)23-17/h1-3,5-6,10H,4,7-9H2,(H,18,21). The molecule has 0 atom stereocenters. The first-order valence-electron chi connectivity index (χ1n) is 7.58. The predicted molar refractivity (Wildman–Crippen MR) is 89.0 cm³/mol. The topological polar surface area (TPSA) is 63.5 Å². The molecule has 0 spiro atoms. The summed E-state index contributed by atoms with van der Waals surface area (Å²) in [6.45, 7) is 0.392. The highest BCUT2D eigenvalue weighted by molar-refractivity contribution is 7.17. The van der Waals surface area contributed by atoms with Gasteiger partial charge in [-0.3, -0.25) is 14.0 Å². The minimum Gasteiger partial charge on any atom is -0.348 e.